The van der Waals surface area contributed by atoms with Gasteiger partial charge in [-0.1, -0.05) is 35.9 Å². The molecule has 1 heterocycles. The Bertz CT molecular complexity index is 864. The molecule has 0 amide bonds. The van der Waals surface area contributed by atoms with E-state index in [1.165, 1.54) is 6.07 Å². The Labute approximate surface area is 139 Å². The minimum Gasteiger partial charge on any atom is -0.473 e. The largest absolute Gasteiger partial charge is 0.473 e. The summed E-state index contributed by atoms with van der Waals surface area (Å²) in [6.07, 6.45) is 0. The number of nitrogens with zero attached hydrogens (tertiary/aromatic N) is 2. The highest BCUT2D eigenvalue weighted by atomic mass is 19.2. The van der Waals surface area contributed by atoms with Gasteiger partial charge in [-0.3, -0.25) is 0 Å². The van der Waals surface area contributed by atoms with Gasteiger partial charge in [0.15, 0.2) is 17.5 Å². The lowest BCUT2D eigenvalue weighted by atomic mass is 10.1. The number of benzene rings is 2. The van der Waals surface area contributed by atoms with Crippen LogP contribution >= 0.6 is 0 Å². The molecule has 2 aromatic carbocycles. The Balaban J connectivity index is 1.80. The van der Waals surface area contributed by atoms with E-state index in [1.807, 2.05) is 38.1 Å². The van der Waals surface area contributed by atoms with Crippen molar-refractivity contribution in [1.29, 1.82) is 0 Å². The van der Waals surface area contributed by atoms with E-state index in [0.29, 0.717) is 17.3 Å². The number of ether oxygens (including phenoxy) is 1. The SMILES string of the molecule is Cc1ccc(-c2nc(C)cc(OCc3ccc(F)c(F)c3)n2)cc1. The molecule has 0 saturated heterocycles. The average molecular weight is 326 g/mol. The first-order valence-electron chi connectivity index (χ1n) is 7.51. The monoisotopic (exact) mass is 326 g/mol. The lowest BCUT2D eigenvalue weighted by Crippen LogP contribution is -2.01. The zero-order valence-corrected chi connectivity index (χ0v) is 13.4. The lowest BCUT2D eigenvalue weighted by molar-refractivity contribution is 0.292. The summed E-state index contributed by atoms with van der Waals surface area (Å²) in [7, 11) is 0. The molecule has 0 bridgehead atoms. The molecule has 0 radical (unpaired) electrons. The number of aryl methyl sites for hydroxylation is 2. The van der Waals surface area contributed by atoms with Crippen LogP contribution in [0.15, 0.2) is 48.5 Å². The van der Waals surface area contributed by atoms with Crippen molar-refractivity contribution in [2.24, 2.45) is 0 Å². The summed E-state index contributed by atoms with van der Waals surface area (Å²) in [6, 6.07) is 13.3. The van der Waals surface area contributed by atoms with E-state index in [0.717, 1.165) is 29.0 Å². The molecule has 3 rings (SSSR count). The van der Waals surface area contributed by atoms with Crippen LogP contribution < -0.4 is 4.74 Å². The highest BCUT2D eigenvalue weighted by Crippen LogP contribution is 2.20. The highest BCUT2D eigenvalue weighted by Gasteiger charge is 2.08. The summed E-state index contributed by atoms with van der Waals surface area (Å²) < 4.78 is 31.8. The maximum atomic E-state index is 13.2. The zero-order chi connectivity index (χ0) is 17.1. The molecule has 24 heavy (non-hydrogen) atoms. The van der Waals surface area contributed by atoms with Crippen molar-refractivity contribution in [2.75, 3.05) is 0 Å². The standard InChI is InChI=1S/C19H16F2N2O/c1-12-3-6-15(7-4-12)19-22-13(2)9-18(23-19)24-11-14-5-8-16(20)17(21)10-14/h3-10H,11H2,1-2H3. The Hall–Kier alpha value is -2.82. The first-order chi connectivity index (χ1) is 11.5. The van der Waals surface area contributed by atoms with Crippen LogP contribution in [0.3, 0.4) is 0 Å². The summed E-state index contributed by atoms with van der Waals surface area (Å²) in [4.78, 5) is 8.80. The van der Waals surface area contributed by atoms with Crippen molar-refractivity contribution < 1.29 is 13.5 Å². The van der Waals surface area contributed by atoms with E-state index in [9.17, 15) is 8.78 Å². The van der Waals surface area contributed by atoms with Crippen molar-refractivity contribution in [1.82, 2.24) is 9.97 Å². The molecule has 0 aliphatic heterocycles. The third kappa shape index (κ3) is 3.74. The molecule has 3 aromatic rings. The van der Waals surface area contributed by atoms with Crippen molar-refractivity contribution in [3.63, 3.8) is 0 Å². The number of aromatic nitrogens is 2. The second kappa shape index (κ2) is 6.74. The second-order valence-electron chi connectivity index (χ2n) is 5.57. The zero-order valence-electron chi connectivity index (χ0n) is 13.4. The number of hydrogen-bond donors (Lipinski definition) is 0. The molecule has 0 saturated carbocycles. The van der Waals surface area contributed by atoms with Gasteiger partial charge in [0.2, 0.25) is 5.88 Å². The summed E-state index contributed by atoms with van der Waals surface area (Å²) in [5, 5.41) is 0. The minimum absolute atomic E-state index is 0.0982. The maximum absolute atomic E-state index is 13.2. The third-order valence-corrected chi connectivity index (χ3v) is 3.51. The lowest BCUT2D eigenvalue weighted by Gasteiger charge is -2.09. The minimum atomic E-state index is -0.893. The van der Waals surface area contributed by atoms with Crippen molar-refractivity contribution in [2.45, 2.75) is 20.5 Å². The molecule has 0 unspecified atom stereocenters. The second-order valence-corrected chi connectivity index (χ2v) is 5.57. The van der Waals surface area contributed by atoms with Crippen molar-refractivity contribution >= 4 is 0 Å². The molecule has 3 nitrogen and oxygen atoms in total. The van der Waals surface area contributed by atoms with Crippen molar-refractivity contribution in [3.05, 3.63) is 77.0 Å². The number of halogens is 2. The predicted octanol–water partition coefficient (Wildman–Crippen LogP) is 4.62. The molecule has 0 aliphatic rings. The third-order valence-electron chi connectivity index (χ3n) is 3.51. The molecule has 122 valence electrons. The average Bonchev–Trinajstić information content (AvgIpc) is 2.56. The van der Waals surface area contributed by atoms with E-state index in [-0.39, 0.29) is 6.61 Å². The molecule has 0 aliphatic carbocycles. The smallest absolute Gasteiger partial charge is 0.217 e. The summed E-state index contributed by atoms with van der Waals surface area (Å²) >= 11 is 0. The van der Waals surface area contributed by atoms with Gasteiger partial charge in [-0.2, -0.15) is 4.98 Å². The number of hydrogen-bond acceptors (Lipinski definition) is 3. The molecule has 0 N–H and O–H groups in total. The van der Waals surface area contributed by atoms with Crippen LogP contribution in [0, 0.1) is 25.5 Å². The Morgan fingerprint density at radius 2 is 1.62 bits per heavy atom. The molecule has 0 spiro atoms. The summed E-state index contributed by atoms with van der Waals surface area (Å²) in [5.41, 5.74) is 3.34. The molecule has 0 fully saturated rings. The van der Waals surface area contributed by atoms with Crippen LogP contribution in [-0.2, 0) is 6.61 Å². The van der Waals surface area contributed by atoms with Gasteiger partial charge in [0.05, 0.1) is 0 Å². The molecule has 0 atom stereocenters. The van der Waals surface area contributed by atoms with Crippen LogP contribution in [0.25, 0.3) is 11.4 Å². The van der Waals surface area contributed by atoms with Crippen LogP contribution in [0.4, 0.5) is 8.78 Å². The van der Waals surface area contributed by atoms with E-state index >= 15 is 0 Å². The van der Waals surface area contributed by atoms with Crippen molar-refractivity contribution in [3.8, 4) is 17.3 Å². The summed E-state index contributed by atoms with van der Waals surface area (Å²) in [6.45, 7) is 3.96. The highest BCUT2D eigenvalue weighted by molar-refractivity contribution is 5.56. The topological polar surface area (TPSA) is 35.0 Å². The Morgan fingerprint density at radius 1 is 0.875 bits per heavy atom. The molecular formula is C19H16F2N2O. The first kappa shape index (κ1) is 16.1. The first-order valence-corrected chi connectivity index (χ1v) is 7.51. The molecular weight excluding hydrogens is 310 g/mol. The van der Waals surface area contributed by atoms with E-state index < -0.39 is 11.6 Å². The van der Waals surface area contributed by atoms with Crippen LogP contribution in [0.2, 0.25) is 0 Å². The predicted molar refractivity (Wildman–Crippen MR) is 87.6 cm³/mol. The quantitative estimate of drug-likeness (QED) is 0.702. The fraction of sp³-hybridized carbons (Fsp3) is 0.158. The Morgan fingerprint density at radius 3 is 2.33 bits per heavy atom. The number of rotatable bonds is 4. The van der Waals surface area contributed by atoms with Gasteiger partial charge in [0.1, 0.15) is 6.61 Å². The van der Waals surface area contributed by atoms with Gasteiger partial charge >= 0.3 is 0 Å². The van der Waals surface area contributed by atoms with Gasteiger partial charge in [0, 0.05) is 17.3 Å². The van der Waals surface area contributed by atoms with E-state index in [4.69, 9.17) is 4.74 Å². The van der Waals surface area contributed by atoms with Crippen LogP contribution in [0.5, 0.6) is 5.88 Å². The van der Waals surface area contributed by atoms with Crippen LogP contribution in [0.1, 0.15) is 16.8 Å². The van der Waals surface area contributed by atoms with Gasteiger partial charge in [-0.25, -0.2) is 13.8 Å². The van der Waals surface area contributed by atoms with Gasteiger partial charge < -0.3 is 4.74 Å². The molecule has 5 heteroatoms. The fourth-order valence-corrected chi connectivity index (χ4v) is 2.23. The van der Waals surface area contributed by atoms with E-state index in [2.05, 4.69) is 9.97 Å². The van der Waals surface area contributed by atoms with E-state index in [1.54, 1.807) is 6.07 Å². The van der Waals surface area contributed by atoms with Crippen LogP contribution in [-0.4, -0.2) is 9.97 Å². The Kier molecular flexibility index (Phi) is 4.51. The van der Waals surface area contributed by atoms with Gasteiger partial charge in [-0.15, -0.1) is 0 Å². The van der Waals surface area contributed by atoms with Gasteiger partial charge in [0.25, 0.3) is 0 Å². The van der Waals surface area contributed by atoms with Gasteiger partial charge in [-0.05, 0) is 31.5 Å². The summed E-state index contributed by atoms with van der Waals surface area (Å²) in [5.74, 6) is -0.813. The normalized spacial score (nSPS) is 10.7. The maximum Gasteiger partial charge on any atom is 0.217 e. The molecule has 1 aromatic heterocycles. The fourth-order valence-electron chi connectivity index (χ4n) is 2.23.